The fourth-order valence-electron chi connectivity index (χ4n) is 2.62. The summed E-state index contributed by atoms with van der Waals surface area (Å²) < 4.78 is 0. The van der Waals surface area contributed by atoms with Crippen LogP contribution >= 0.6 is 0 Å². The van der Waals surface area contributed by atoms with Crippen molar-refractivity contribution in [3.8, 4) is 0 Å². The summed E-state index contributed by atoms with van der Waals surface area (Å²) in [5.74, 6) is 0.110. The number of carbonyl (C=O) groups is 2. The van der Waals surface area contributed by atoms with Crippen LogP contribution < -0.4 is 5.73 Å². The van der Waals surface area contributed by atoms with Gasteiger partial charge in [-0.1, -0.05) is 6.07 Å². The Labute approximate surface area is 119 Å². The lowest BCUT2D eigenvalue weighted by molar-refractivity contribution is -0.130. The molecule has 2 heterocycles. The first kappa shape index (κ1) is 14.5. The van der Waals surface area contributed by atoms with E-state index in [9.17, 15) is 9.59 Å². The third-order valence-electron chi connectivity index (χ3n) is 3.74. The first-order chi connectivity index (χ1) is 9.56. The van der Waals surface area contributed by atoms with E-state index in [2.05, 4.69) is 4.98 Å². The Morgan fingerprint density at radius 2 is 2.25 bits per heavy atom. The molecule has 0 radical (unpaired) electrons. The molecule has 1 aromatic heterocycles. The quantitative estimate of drug-likeness (QED) is 0.897. The number of primary amides is 1. The smallest absolute Gasteiger partial charge is 0.219 e. The topological polar surface area (TPSA) is 76.3 Å². The lowest BCUT2D eigenvalue weighted by Gasteiger charge is -2.31. The van der Waals surface area contributed by atoms with Crippen LogP contribution in [0.4, 0.5) is 0 Å². The number of aryl methyl sites for hydroxylation is 1. The highest BCUT2D eigenvalue weighted by Crippen LogP contribution is 2.25. The molecule has 20 heavy (non-hydrogen) atoms. The van der Waals surface area contributed by atoms with Crippen molar-refractivity contribution >= 4 is 11.8 Å². The summed E-state index contributed by atoms with van der Waals surface area (Å²) in [4.78, 5) is 28.8. The molecule has 1 fully saturated rings. The second kappa shape index (κ2) is 6.50. The predicted molar refractivity (Wildman–Crippen MR) is 76.0 cm³/mol. The molecule has 0 saturated carbocycles. The highest BCUT2D eigenvalue weighted by molar-refractivity contribution is 5.74. The Hall–Kier alpha value is -1.91. The summed E-state index contributed by atoms with van der Waals surface area (Å²) in [6, 6.07) is 5.88. The largest absolute Gasteiger partial charge is 0.370 e. The molecule has 1 atom stereocenters. The van der Waals surface area contributed by atoms with Gasteiger partial charge < -0.3 is 10.6 Å². The molecule has 1 saturated heterocycles. The Kier molecular flexibility index (Phi) is 4.71. The number of hydrogen-bond donors (Lipinski definition) is 1. The number of rotatable bonds is 4. The molecule has 1 aromatic rings. The first-order valence-corrected chi connectivity index (χ1v) is 7.06. The van der Waals surface area contributed by atoms with Crippen LogP contribution in [0.15, 0.2) is 18.2 Å². The number of nitrogens with zero attached hydrogens (tertiary/aromatic N) is 2. The molecular formula is C15H21N3O2. The molecule has 0 aromatic carbocycles. The Bertz CT molecular complexity index is 502. The van der Waals surface area contributed by atoms with Crippen LogP contribution in [-0.4, -0.2) is 34.8 Å². The van der Waals surface area contributed by atoms with Crippen LogP contribution in [0.3, 0.4) is 0 Å². The van der Waals surface area contributed by atoms with Crippen LogP contribution in [0, 0.1) is 0 Å². The van der Waals surface area contributed by atoms with Crippen LogP contribution in [0.1, 0.15) is 43.5 Å². The maximum atomic E-state index is 11.5. The van der Waals surface area contributed by atoms with Gasteiger partial charge in [0.2, 0.25) is 11.8 Å². The fourth-order valence-corrected chi connectivity index (χ4v) is 2.62. The maximum absolute atomic E-state index is 11.5. The molecule has 1 unspecified atom stereocenters. The van der Waals surface area contributed by atoms with Crippen LogP contribution in [-0.2, 0) is 16.0 Å². The molecule has 1 aliphatic heterocycles. The van der Waals surface area contributed by atoms with Gasteiger partial charge in [0, 0.05) is 43.7 Å². The van der Waals surface area contributed by atoms with Crippen molar-refractivity contribution in [1.29, 1.82) is 0 Å². The fraction of sp³-hybridized carbons (Fsp3) is 0.533. The van der Waals surface area contributed by atoms with Crippen LogP contribution in [0.2, 0.25) is 0 Å². The van der Waals surface area contributed by atoms with Gasteiger partial charge in [0.1, 0.15) is 0 Å². The highest BCUT2D eigenvalue weighted by Gasteiger charge is 2.23. The Morgan fingerprint density at radius 1 is 1.45 bits per heavy atom. The van der Waals surface area contributed by atoms with Gasteiger partial charge in [0.15, 0.2) is 0 Å². The van der Waals surface area contributed by atoms with Gasteiger partial charge in [-0.25, -0.2) is 0 Å². The first-order valence-electron chi connectivity index (χ1n) is 7.06. The molecule has 2 rings (SSSR count). The summed E-state index contributed by atoms with van der Waals surface area (Å²) in [5.41, 5.74) is 7.06. The SMILES string of the molecule is CC(=O)N1CCCC(c2cccc(CCC(N)=O)n2)C1. The summed E-state index contributed by atoms with van der Waals surface area (Å²) in [6.45, 7) is 3.19. The van der Waals surface area contributed by atoms with E-state index in [1.54, 1.807) is 6.92 Å². The van der Waals surface area contributed by atoms with Crippen molar-refractivity contribution in [2.24, 2.45) is 5.73 Å². The Morgan fingerprint density at radius 3 is 2.95 bits per heavy atom. The molecule has 5 heteroatoms. The number of amides is 2. The van der Waals surface area contributed by atoms with Crippen molar-refractivity contribution < 1.29 is 9.59 Å². The average Bonchev–Trinajstić information content (AvgIpc) is 2.45. The molecule has 0 bridgehead atoms. The van der Waals surface area contributed by atoms with E-state index in [1.165, 1.54) is 0 Å². The lowest BCUT2D eigenvalue weighted by atomic mass is 9.94. The average molecular weight is 275 g/mol. The van der Waals surface area contributed by atoms with Gasteiger partial charge in [-0.05, 0) is 31.4 Å². The molecule has 108 valence electrons. The van der Waals surface area contributed by atoms with Crippen molar-refractivity contribution in [2.45, 2.75) is 38.5 Å². The third kappa shape index (κ3) is 3.79. The summed E-state index contributed by atoms with van der Waals surface area (Å²) in [6.07, 6.45) is 2.96. The minimum Gasteiger partial charge on any atom is -0.370 e. The van der Waals surface area contributed by atoms with Gasteiger partial charge in [-0.3, -0.25) is 14.6 Å². The molecule has 1 aliphatic rings. The number of aromatic nitrogens is 1. The monoisotopic (exact) mass is 275 g/mol. The molecule has 5 nitrogen and oxygen atoms in total. The lowest BCUT2D eigenvalue weighted by Crippen LogP contribution is -2.37. The summed E-state index contributed by atoms with van der Waals surface area (Å²) >= 11 is 0. The van der Waals surface area contributed by atoms with E-state index in [-0.39, 0.29) is 11.8 Å². The van der Waals surface area contributed by atoms with Crippen molar-refractivity contribution in [3.63, 3.8) is 0 Å². The minimum absolute atomic E-state index is 0.125. The number of hydrogen-bond acceptors (Lipinski definition) is 3. The van der Waals surface area contributed by atoms with Gasteiger partial charge in [-0.15, -0.1) is 0 Å². The molecule has 0 aliphatic carbocycles. The highest BCUT2D eigenvalue weighted by atomic mass is 16.2. The zero-order chi connectivity index (χ0) is 14.5. The Balaban J connectivity index is 2.06. The number of piperidine rings is 1. The molecule has 0 spiro atoms. The minimum atomic E-state index is -0.308. The van der Waals surface area contributed by atoms with Gasteiger partial charge in [0.25, 0.3) is 0 Å². The second-order valence-corrected chi connectivity index (χ2v) is 5.32. The maximum Gasteiger partial charge on any atom is 0.219 e. The van der Waals surface area contributed by atoms with E-state index < -0.39 is 0 Å². The summed E-state index contributed by atoms with van der Waals surface area (Å²) in [7, 11) is 0. The predicted octanol–water partition coefficient (Wildman–Crippen LogP) is 1.23. The van der Waals surface area contributed by atoms with Crippen molar-refractivity contribution in [3.05, 3.63) is 29.6 Å². The standard InChI is InChI=1S/C15H21N3O2/c1-11(19)18-9-3-4-12(10-18)14-6-2-5-13(17-14)7-8-15(16)20/h2,5-6,12H,3-4,7-10H2,1H3,(H2,16,20). The molecular weight excluding hydrogens is 254 g/mol. The zero-order valence-electron chi connectivity index (χ0n) is 11.8. The van der Waals surface area contributed by atoms with E-state index in [4.69, 9.17) is 5.73 Å². The van der Waals surface area contributed by atoms with E-state index >= 15 is 0 Å². The second-order valence-electron chi connectivity index (χ2n) is 5.32. The van der Waals surface area contributed by atoms with Gasteiger partial charge >= 0.3 is 0 Å². The van der Waals surface area contributed by atoms with E-state index in [0.717, 1.165) is 37.3 Å². The van der Waals surface area contributed by atoms with Crippen molar-refractivity contribution in [1.82, 2.24) is 9.88 Å². The molecule has 2 N–H and O–H groups in total. The number of nitrogens with two attached hydrogens (primary N) is 1. The number of likely N-dealkylation sites (tertiary alicyclic amines) is 1. The van der Waals surface area contributed by atoms with Gasteiger partial charge in [-0.2, -0.15) is 0 Å². The van der Waals surface area contributed by atoms with Crippen LogP contribution in [0.5, 0.6) is 0 Å². The number of carbonyl (C=O) groups excluding carboxylic acids is 2. The van der Waals surface area contributed by atoms with E-state index in [1.807, 2.05) is 23.1 Å². The van der Waals surface area contributed by atoms with Crippen molar-refractivity contribution in [2.75, 3.05) is 13.1 Å². The number of pyridine rings is 1. The van der Waals surface area contributed by atoms with Crippen LogP contribution in [0.25, 0.3) is 0 Å². The molecule has 2 amide bonds. The third-order valence-corrected chi connectivity index (χ3v) is 3.74. The summed E-state index contributed by atoms with van der Waals surface area (Å²) in [5, 5.41) is 0. The zero-order valence-corrected chi connectivity index (χ0v) is 11.8. The van der Waals surface area contributed by atoms with Gasteiger partial charge in [0.05, 0.1) is 0 Å². The van der Waals surface area contributed by atoms with E-state index in [0.29, 0.717) is 18.8 Å². The normalized spacial score (nSPS) is 18.9.